The number of carbonyl (C=O) groups excluding carboxylic acids is 1. The molecule has 17 heavy (non-hydrogen) atoms. The standard InChI is InChI=1S/C11H10ClN3OS/c12-8-4-2-1-3-7(8)5-14-10(16)9-6-15-11(13)17-9/h1-4,6H,5H2,(H2,13,15)(H,14,16). The van der Waals surface area contributed by atoms with Crippen molar-refractivity contribution in [2.24, 2.45) is 0 Å². The molecule has 0 bridgehead atoms. The van der Waals surface area contributed by atoms with Crippen LogP contribution in [0.4, 0.5) is 5.13 Å². The number of hydrogen-bond donors (Lipinski definition) is 2. The first kappa shape index (κ1) is 11.9. The second-order valence-corrected chi connectivity index (χ2v) is 4.81. The molecule has 88 valence electrons. The number of hydrogen-bond acceptors (Lipinski definition) is 4. The van der Waals surface area contributed by atoms with E-state index in [1.807, 2.05) is 18.2 Å². The summed E-state index contributed by atoms with van der Waals surface area (Å²) in [4.78, 5) is 16.0. The van der Waals surface area contributed by atoms with E-state index in [1.54, 1.807) is 6.07 Å². The Bertz CT molecular complexity index is 541. The molecule has 0 saturated carbocycles. The Labute approximate surface area is 107 Å². The van der Waals surface area contributed by atoms with Crippen LogP contribution in [0.1, 0.15) is 15.2 Å². The molecule has 6 heteroatoms. The highest BCUT2D eigenvalue weighted by molar-refractivity contribution is 7.17. The summed E-state index contributed by atoms with van der Waals surface area (Å²) in [5.41, 5.74) is 6.33. The third-order valence-corrected chi connectivity index (χ3v) is 3.34. The smallest absolute Gasteiger partial charge is 0.263 e. The second-order valence-electron chi connectivity index (χ2n) is 3.34. The fourth-order valence-electron chi connectivity index (χ4n) is 1.30. The SMILES string of the molecule is Nc1ncc(C(=O)NCc2ccccc2Cl)s1. The molecule has 0 aliphatic carbocycles. The molecule has 0 radical (unpaired) electrons. The molecule has 0 unspecified atom stereocenters. The van der Waals surface area contributed by atoms with Crippen LogP contribution >= 0.6 is 22.9 Å². The van der Waals surface area contributed by atoms with Crippen LogP contribution in [0.5, 0.6) is 0 Å². The van der Waals surface area contributed by atoms with E-state index >= 15 is 0 Å². The van der Waals surface area contributed by atoms with Crippen LogP contribution in [-0.2, 0) is 6.54 Å². The van der Waals surface area contributed by atoms with Crippen LogP contribution in [0.3, 0.4) is 0 Å². The lowest BCUT2D eigenvalue weighted by Crippen LogP contribution is -2.21. The summed E-state index contributed by atoms with van der Waals surface area (Å²) in [6.45, 7) is 0.385. The highest BCUT2D eigenvalue weighted by atomic mass is 35.5. The van der Waals surface area contributed by atoms with Gasteiger partial charge in [-0.1, -0.05) is 41.1 Å². The van der Waals surface area contributed by atoms with Gasteiger partial charge in [-0.3, -0.25) is 4.79 Å². The number of benzene rings is 1. The van der Waals surface area contributed by atoms with Gasteiger partial charge in [0.1, 0.15) is 4.88 Å². The van der Waals surface area contributed by atoms with Crippen LogP contribution in [0.15, 0.2) is 30.5 Å². The van der Waals surface area contributed by atoms with Crippen LogP contribution in [0, 0.1) is 0 Å². The molecule has 1 amide bonds. The fraction of sp³-hybridized carbons (Fsp3) is 0.0909. The summed E-state index contributed by atoms with van der Waals surface area (Å²) in [5, 5.41) is 3.78. The Hall–Kier alpha value is -1.59. The zero-order chi connectivity index (χ0) is 12.3. The van der Waals surface area contributed by atoms with Crippen LogP contribution in [0.2, 0.25) is 5.02 Å². The number of nitrogen functional groups attached to an aromatic ring is 1. The lowest BCUT2D eigenvalue weighted by Gasteiger charge is -2.05. The maximum atomic E-state index is 11.7. The topological polar surface area (TPSA) is 68.0 Å². The van der Waals surface area contributed by atoms with Crippen molar-refractivity contribution in [3.63, 3.8) is 0 Å². The minimum absolute atomic E-state index is 0.195. The first-order valence-electron chi connectivity index (χ1n) is 4.89. The lowest BCUT2D eigenvalue weighted by molar-refractivity contribution is 0.0955. The van der Waals surface area contributed by atoms with Crippen LogP contribution in [0.25, 0.3) is 0 Å². The Morgan fingerprint density at radius 1 is 1.47 bits per heavy atom. The number of halogens is 1. The van der Waals surface area contributed by atoms with E-state index < -0.39 is 0 Å². The summed E-state index contributed by atoms with van der Waals surface area (Å²) < 4.78 is 0. The maximum Gasteiger partial charge on any atom is 0.263 e. The quantitative estimate of drug-likeness (QED) is 0.897. The Morgan fingerprint density at radius 3 is 2.88 bits per heavy atom. The van der Waals surface area contributed by atoms with E-state index in [2.05, 4.69) is 10.3 Å². The molecule has 0 fully saturated rings. The van der Waals surface area contributed by atoms with Crippen LogP contribution < -0.4 is 11.1 Å². The zero-order valence-electron chi connectivity index (χ0n) is 8.81. The van der Waals surface area contributed by atoms with Crippen molar-refractivity contribution in [3.05, 3.63) is 45.9 Å². The molecule has 0 aliphatic heterocycles. The average Bonchev–Trinajstić information content (AvgIpc) is 2.74. The molecule has 2 aromatic rings. The van der Waals surface area contributed by atoms with E-state index in [0.717, 1.165) is 16.9 Å². The number of nitrogens with zero attached hydrogens (tertiary/aromatic N) is 1. The number of anilines is 1. The van der Waals surface area contributed by atoms with Gasteiger partial charge in [-0.25, -0.2) is 4.98 Å². The van der Waals surface area contributed by atoms with Crippen molar-refractivity contribution in [2.75, 3.05) is 5.73 Å². The van der Waals surface area contributed by atoms with Crippen molar-refractivity contribution in [1.82, 2.24) is 10.3 Å². The molecule has 2 rings (SSSR count). The normalized spacial score (nSPS) is 10.2. The Morgan fingerprint density at radius 2 is 2.24 bits per heavy atom. The summed E-state index contributed by atoms with van der Waals surface area (Å²) in [5.74, 6) is -0.195. The van der Waals surface area contributed by atoms with Crippen molar-refractivity contribution >= 4 is 34.0 Å². The minimum atomic E-state index is -0.195. The monoisotopic (exact) mass is 267 g/mol. The molecular weight excluding hydrogens is 258 g/mol. The summed E-state index contributed by atoms with van der Waals surface area (Å²) in [7, 11) is 0. The average molecular weight is 268 g/mol. The van der Waals surface area contributed by atoms with Gasteiger partial charge in [-0.05, 0) is 11.6 Å². The van der Waals surface area contributed by atoms with E-state index in [-0.39, 0.29) is 5.91 Å². The number of amides is 1. The number of nitrogens with one attached hydrogen (secondary N) is 1. The summed E-state index contributed by atoms with van der Waals surface area (Å²) >= 11 is 7.13. The zero-order valence-corrected chi connectivity index (χ0v) is 10.4. The van der Waals surface area contributed by atoms with E-state index in [0.29, 0.717) is 21.6 Å². The molecule has 1 aromatic carbocycles. The molecule has 1 aromatic heterocycles. The van der Waals surface area contributed by atoms with Crippen LogP contribution in [-0.4, -0.2) is 10.9 Å². The first-order chi connectivity index (χ1) is 8.16. The highest BCUT2D eigenvalue weighted by Crippen LogP contribution is 2.16. The van der Waals surface area contributed by atoms with Gasteiger partial charge in [0.2, 0.25) is 0 Å². The lowest BCUT2D eigenvalue weighted by atomic mass is 10.2. The summed E-state index contributed by atoms with van der Waals surface area (Å²) in [6, 6.07) is 7.37. The van der Waals surface area contributed by atoms with Gasteiger partial charge in [0.05, 0.1) is 6.20 Å². The van der Waals surface area contributed by atoms with E-state index in [1.165, 1.54) is 6.20 Å². The maximum absolute atomic E-state index is 11.7. The molecule has 0 atom stereocenters. The third kappa shape index (κ3) is 2.95. The third-order valence-electron chi connectivity index (χ3n) is 2.14. The number of thiazole rings is 1. The summed E-state index contributed by atoms with van der Waals surface area (Å²) in [6.07, 6.45) is 1.46. The number of carbonyl (C=O) groups is 1. The molecule has 0 saturated heterocycles. The molecule has 4 nitrogen and oxygen atoms in total. The van der Waals surface area contributed by atoms with Gasteiger partial charge in [0, 0.05) is 11.6 Å². The fourth-order valence-corrected chi connectivity index (χ4v) is 2.10. The van der Waals surface area contributed by atoms with E-state index in [4.69, 9.17) is 17.3 Å². The molecule has 0 aliphatic rings. The predicted octanol–water partition coefficient (Wildman–Crippen LogP) is 2.31. The van der Waals surface area contributed by atoms with Gasteiger partial charge in [0.25, 0.3) is 5.91 Å². The first-order valence-corrected chi connectivity index (χ1v) is 6.09. The van der Waals surface area contributed by atoms with Gasteiger partial charge in [-0.15, -0.1) is 0 Å². The molecule has 1 heterocycles. The second kappa shape index (κ2) is 5.16. The predicted molar refractivity (Wildman–Crippen MR) is 69.1 cm³/mol. The Kier molecular flexibility index (Phi) is 3.61. The van der Waals surface area contributed by atoms with Crippen molar-refractivity contribution in [2.45, 2.75) is 6.54 Å². The molecule has 0 spiro atoms. The van der Waals surface area contributed by atoms with Gasteiger partial charge in [-0.2, -0.15) is 0 Å². The van der Waals surface area contributed by atoms with Gasteiger partial charge >= 0.3 is 0 Å². The van der Waals surface area contributed by atoms with Gasteiger partial charge < -0.3 is 11.1 Å². The molecular formula is C11H10ClN3OS. The number of aromatic nitrogens is 1. The van der Waals surface area contributed by atoms with Gasteiger partial charge in [0.15, 0.2) is 5.13 Å². The van der Waals surface area contributed by atoms with Crippen molar-refractivity contribution in [3.8, 4) is 0 Å². The Balaban J connectivity index is 1.99. The molecule has 3 N–H and O–H groups in total. The minimum Gasteiger partial charge on any atom is -0.375 e. The van der Waals surface area contributed by atoms with Crippen molar-refractivity contribution < 1.29 is 4.79 Å². The van der Waals surface area contributed by atoms with Crippen molar-refractivity contribution in [1.29, 1.82) is 0 Å². The van der Waals surface area contributed by atoms with E-state index in [9.17, 15) is 4.79 Å². The number of rotatable bonds is 3. The number of nitrogens with two attached hydrogens (primary N) is 1. The largest absolute Gasteiger partial charge is 0.375 e. The highest BCUT2D eigenvalue weighted by Gasteiger charge is 2.09.